The van der Waals surface area contributed by atoms with Gasteiger partial charge in [-0.05, 0) is 24.6 Å². The van der Waals surface area contributed by atoms with Gasteiger partial charge in [0.1, 0.15) is 0 Å². The summed E-state index contributed by atoms with van der Waals surface area (Å²) in [5.41, 5.74) is 7.86. The number of nitrogens with one attached hydrogen (secondary N) is 1. The van der Waals surface area contributed by atoms with E-state index in [1.165, 1.54) is 19.3 Å². The van der Waals surface area contributed by atoms with Crippen LogP contribution < -0.4 is 11.1 Å². The van der Waals surface area contributed by atoms with Gasteiger partial charge < -0.3 is 11.1 Å². The van der Waals surface area contributed by atoms with Crippen molar-refractivity contribution in [3.63, 3.8) is 0 Å². The van der Waals surface area contributed by atoms with Gasteiger partial charge in [0.15, 0.2) is 0 Å². The van der Waals surface area contributed by atoms with Crippen molar-refractivity contribution >= 4 is 22.1 Å². The fourth-order valence-corrected chi connectivity index (χ4v) is 1.96. The van der Waals surface area contributed by atoms with E-state index in [1.807, 2.05) is 24.4 Å². The van der Waals surface area contributed by atoms with Crippen LogP contribution in [0.4, 0.5) is 11.4 Å². The number of nitrogens with zero attached hydrogens (tertiary/aromatic N) is 1. The lowest BCUT2D eigenvalue weighted by Gasteiger charge is -2.10. The van der Waals surface area contributed by atoms with E-state index in [2.05, 4.69) is 17.2 Å². The molecule has 0 bridgehead atoms. The summed E-state index contributed by atoms with van der Waals surface area (Å²) in [5, 5.41) is 5.64. The highest BCUT2D eigenvalue weighted by atomic mass is 14.9. The van der Waals surface area contributed by atoms with E-state index in [0.29, 0.717) is 0 Å². The van der Waals surface area contributed by atoms with Crippen LogP contribution in [0.2, 0.25) is 0 Å². The van der Waals surface area contributed by atoms with Crippen LogP contribution in [0.3, 0.4) is 0 Å². The predicted octanol–water partition coefficient (Wildman–Crippen LogP) is 3.42. The predicted molar refractivity (Wildman–Crippen MR) is 74.2 cm³/mol. The van der Waals surface area contributed by atoms with E-state index >= 15 is 0 Å². The minimum Gasteiger partial charge on any atom is -0.398 e. The summed E-state index contributed by atoms with van der Waals surface area (Å²) in [6.45, 7) is 3.22. The van der Waals surface area contributed by atoms with E-state index < -0.39 is 0 Å². The minimum atomic E-state index is 0.784. The second kappa shape index (κ2) is 5.53. The molecule has 2 rings (SSSR count). The van der Waals surface area contributed by atoms with Gasteiger partial charge in [0.25, 0.3) is 0 Å². The Kier molecular flexibility index (Phi) is 3.81. The number of unbranched alkanes of at least 4 members (excludes halogenated alkanes) is 2. The van der Waals surface area contributed by atoms with Crippen molar-refractivity contribution in [1.82, 2.24) is 4.98 Å². The Bertz CT molecular complexity index is 494. The van der Waals surface area contributed by atoms with Crippen molar-refractivity contribution in [2.75, 3.05) is 17.6 Å². The Morgan fingerprint density at radius 2 is 2.06 bits per heavy atom. The third-order valence-corrected chi connectivity index (χ3v) is 2.95. The quantitative estimate of drug-likeness (QED) is 0.610. The maximum absolute atomic E-state index is 5.93. The molecule has 3 N–H and O–H groups in total. The van der Waals surface area contributed by atoms with Crippen molar-refractivity contribution in [2.24, 2.45) is 0 Å². The van der Waals surface area contributed by atoms with Crippen LogP contribution in [-0.4, -0.2) is 11.5 Å². The molecule has 0 unspecified atom stereocenters. The monoisotopic (exact) mass is 229 g/mol. The Hall–Kier alpha value is -1.77. The number of benzene rings is 1. The Morgan fingerprint density at radius 1 is 1.18 bits per heavy atom. The Morgan fingerprint density at radius 3 is 2.88 bits per heavy atom. The summed E-state index contributed by atoms with van der Waals surface area (Å²) in [6, 6.07) is 5.99. The lowest BCUT2D eigenvalue weighted by atomic mass is 10.1. The molecule has 90 valence electrons. The van der Waals surface area contributed by atoms with E-state index in [9.17, 15) is 0 Å². The standard InChI is InChI=1S/C14H19N3/c1-2-3-4-8-17-14-6-5-13(15)12-10-16-9-7-11(12)14/h5-7,9-10,17H,2-4,8,15H2,1H3. The first-order chi connectivity index (χ1) is 8.33. The minimum absolute atomic E-state index is 0.784. The van der Waals surface area contributed by atoms with Crippen LogP contribution in [0.25, 0.3) is 10.8 Å². The molecule has 0 saturated heterocycles. The van der Waals surface area contributed by atoms with Crippen LogP contribution in [0.1, 0.15) is 26.2 Å². The van der Waals surface area contributed by atoms with Crippen molar-refractivity contribution in [1.29, 1.82) is 0 Å². The average Bonchev–Trinajstić information content (AvgIpc) is 2.37. The zero-order valence-electron chi connectivity index (χ0n) is 10.2. The molecule has 2 aromatic rings. The number of nitrogens with two attached hydrogens (primary N) is 1. The fraction of sp³-hybridized carbons (Fsp3) is 0.357. The molecule has 0 atom stereocenters. The second-order valence-electron chi connectivity index (χ2n) is 4.26. The van der Waals surface area contributed by atoms with Crippen LogP contribution in [0.15, 0.2) is 30.6 Å². The number of nitrogen functional groups attached to an aromatic ring is 1. The molecule has 3 heteroatoms. The molecule has 1 aromatic heterocycles. The van der Waals surface area contributed by atoms with E-state index in [4.69, 9.17) is 5.73 Å². The number of rotatable bonds is 5. The SMILES string of the molecule is CCCCCNc1ccc(N)c2cnccc12. The molecule has 17 heavy (non-hydrogen) atoms. The number of pyridine rings is 1. The zero-order valence-corrected chi connectivity index (χ0v) is 10.2. The normalized spacial score (nSPS) is 10.6. The molecule has 0 fully saturated rings. The smallest absolute Gasteiger partial charge is 0.0422 e. The lowest BCUT2D eigenvalue weighted by molar-refractivity contribution is 0.744. The highest BCUT2D eigenvalue weighted by molar-refractivity contribution is 6.00. The third-order valence-electron chi connectivity index (χ3n) is 2.95. The highest BCUT2D eigenvalue weighted by Crippen LogP contribution is 2.27. The van der Waals surface area contributed by atoms with Gasteiger partial charge in [-0.3, -0.25) is 4.98 Å². The summed E-state index contributed by atoms with van der Waals surface area (Å²) in [5.74, 6) is 0. The molecule has 0 spiro atoms. The van der Waals surface area contributed by atoms with E-state index in [0.717, 1.165) is 28.7 Å². The van der Waals surface area contributed by atoms with Gasteiger partial charge in [0, 0.05) is 41.1 Å². The summed E-state index contributed by atoms with van der Waals surface area (Å²) in [4.78, 5) is 4.12. The van der Waals surface area contributed by atoms with Crippen molar-refractivity contribution in [3.8, 4) is 0 Å². The molecule has 0 aliphatic heterocycles. The molecule has 3 nitrogen and oxygen atoms in total. The summed E-state index contributed by atoms with van der Waals surface area (Å²) in [6.07, 6.45) is 7.34. The summed E-state index contributed by atoms with van der Waals surface area (Å²) >= 11 is 0. The number of fused-ring (bicyclic) bond motifs is 1. The molecule has 1 aromatic carbocycles. The topological polar surface area (TPSA) is 50.9 Å². The largest absolute Gasteiger partial charge is 0.398 e. The zero-order chi connectivity index (χ0) is 12.1. The maximum atomic E-state index is 5.93. The Labute approximate surface area is 102 Å². The summed E-state index contributed by atoms with van der Waals surface area (Å²) in [7, 11) is 0. The van der Waals surface area contributed by atoms with Crippen LogP contribution >= 0.6 is 0 Å². The molecular formula is C14H19N3. The van der Waals surface area contributed by atoms with Crippen molar-refractivity contribution < 1.29 is 0 Å². The lowest BCUT2D eigenvalue weighted by Crippen LogP contribution is -2.02. The molecular weight excluding hydrogens is 210 g/mol. The van der Waals surface area contributed by atoms with Gasteiger partial charge in [0.2, 0.25) is 0 Å². The van der Waals surface area contributed by atoms with Gasteiger partial charge in [-0.25, -0.2) is 0 Å². The number of hydrogen-bond acceptors (Lipinski definition) is 3. The number of aromatic nitrogens is 1. The van der Waals surface area contributed by atoms with Crippen molar-refractivity contribution in [2.45, 2.75) is 26.2 Å². The van der Waals surface area contributed by atoms with Gasteiger partial charge in [-0.1, -0.05) is 19.8 Å². The van der Waals surface area contributed by atoms with Gasteiger partial charge >= 0.3 is 0 Å². The molecule has 0 amide bonds. The Balaban J connectivity index is 2.20. The molecule has 0 radical (unpaired) electrons. The number of hydrogen-bond donors (Lipinski definition) is 2. The van der Waals surface area contributed by atoms with Gasteiger partial charge in [-0.15, -0.1) is 0 Å². The van der Waals surface area contributed by atoms with Gasteiger partial charge in [-0.2, -0.15) is 0 Å². The fourth-order valence-electron chi connectivity index (χ4n) is 1.96. The van der Waals surface area contributed by atoms with Crippen molar-refractivity contribution in [3.05, 3.63) is 30.6 Å². The summed E-state index contributed by atoms with van der Waals surface area (Å²) < 4.78 is 0. The molecule has 0 saturated carbocycles. The maximum Gasteiger partial charge on any atom is 0.0422 e. The van der Waals surface area contributed by atoms with Gasteiger partial charge in [0.05, 0.1) is 0 Å². The van der Waals surface area contributed by atoms with E-state index in [1.54, 1.807) is 6.20 Å². The first-order valence-corrected chi connectivity index (χ1v) is 6.19. The third kappa shape index (κ3) is 2.67. The average molecular weight is 229 g/mol. The van der Waals surface area contributed by atoms with Crippen LogP contribution in [0.5, 0.6) is 0 Å². The van der Waals surface area contributed by atoms with Crippen LogP contribution in [-0.2, 0) is 0 Å². The highest BCUT2D eigenvalue weighted by Gasteiger charge is 2.02. The molecule has 0 aliphatic carbocycles. The first kappa shape index (κ1) is 11.7. The molecule has 1 heterocycles. The molecule has 0 aliphatic rings. The number of anilines is 2. The van der Waals surface area contributed by atoms with E-state index in [-0.39, 0.29) is 0 Å². The van der Waals surface area contributed by atoms with Crippen LogP contribution in [0, 0.1) is 0 Å². The second-order valence-corrected chi connectivity index (χ2v) is 4.26. The first-order valence-electron chi connectivity index (χ1n) is 6.19.